The Balaban J connectivity index is 2.77. The molecule has 0 aromatic heterocycles. The highest BCUT2D eigenvalue weighted by molar-refractivity contribution is 5.45. The van der Waals surface area contributed by atoms with Crippen LogP contribution in [0, 0.1) is 6.92 Å². The standard InChI is InChI=1S/C11H16O4/c1-9-3-2-4-10(14-7-5-12)11(9)15-8-6-13/h2-4,12-13H,5-8H2,1H3. The van der Waals surface area contributed by atoms with Crippen molar-refractivity contribution in [1.29, 1.82) is 0 Å². The number of aryl methyl sites for hydroxylation is 1. The molecule has 0 saturated heterocycles. The van der Waals surface area contributed by atoms with E-state index >= 15 is 0 Å². The average Bonchev–Trinajstić information content (AvgIpc) is 2.25. The summed E-state index contributed by atoms with van der Waals surface area (Å²) in [6.07, 6.45) is 0. The van der Waals surface area contributed by atoms with Crippen LogP contribution in [0.2, 0.25) is 0 Å². The predicted molar refractivity (Wildman–Crippen MR) is 56.3 cm³/mol. The van der Waals surface area contributed by atoms with Crippen molar-refractivity contribution >= 4 is 0 Å². The second kappa shape index (κ2) is 6.27. The van der Waals surface area contributed by atoms with Gasteiger partial charge in [0.25, 0.3) is 0 Å². The largest absolute Gasteiger partial charge is 0.487 e. The Hall–Kier alpha value is -1.26. The summed E-state index contributed by atoms with van der Waals surface area (Å²) >= 11 is 0. The van der Waals surface area contributed by atoms with Gasteiger partial charge >= 0.3 is 0 Å². The fraction of sp³-hybridized carbons (Fsp3) is 0.455. The van der Waals surface area contributed by atoms with Gasteiger partial charge in [0.05, 0.1) is 13.2 Å². The summed E-state index contributed by atoms with van der Waals surface area (Å²) in [4.78, 5) is 0. The highest BCUT2D eigenvalue weighted by Crippen LogP contribution is 2.30. The van der Waals surface area contributed by atoms with Crippen molar-refractivity contribution in [1.82, 2.24) is 0 Å². The highest BCUT2D eigenvalue weighted by Gasteiger charge is 2.07. The van der Waals surface area contributed by atoms with Crippen molar-refractivity contribution in [2.45, 2.75) is 6.92 Å². The fourth-order valence-corrected chi connectivity index (χ4v) is 1.23. The van der Waals surface area contributed by atoms with Crippen LogP contribution in [0.15, 0.2) is 18.2 Å². The predicted octanol–water partition coefficient (Wildman–Crippen LogP) is 0.737. The molecule has 0 heterocycles. The zero-order valence-corrected chi connectivity index (χ0v) is 8.77. The van der Waals surface area contributed by atoms with E-state index in [4.69, 9.17) is 19.7 Å². The minimum atomic E-state index is -0.0343. The first-order valence-electron chi connectivity index (χ1n) is 4.86. The van der Waals surface area contributed by atoms with Crippen LogP contribution < -0.4 is 9.47 Å². The number of para-hydroxylation sites is 1. The van der Waals surface area contributed by atoms with Crippen LogP contribution in [0.5, 0.6) is 11.5 Å². The van der Waals surface area contributed by atoms with E-state index in [9.17, 15) is 0 Å². The first kappa shape index (κ1) is 11.8. The Morgan fingerprint density at radius 2 is 1.73 bits per heavy atom. The quantitative estimate of drug-likeness (QED) is 0.730. The summed E-state index contributed by atoms with van der Waals surface area (Å²) in [5.41, 5.74) is 0.943. The molecular formula is C11H16O4. The third-order valence-corrected chi connectivity index (χ3v) is 1.86. The van der Waals surface area contributed by atoms with Crippen LogP contribution in [0.1, 0.15) is 5.56 Å². The fourth-order valence-electron chi connectivity index (χ4n) is 1.23. The maximum atomic E-state index is 8.68. The normalized spacial score (nSPS) is 10.1. The van der Waals surface area contributed by atoms with E-state index in [1.165, 1.54) is 0 Å². The summed E-state index contributed by atoms with van der Waals surface area (Å²) in [6, 6.07) is 5.53. The third-order valence-electron chi connectivity index (χ3n) is 1.86. The van der Waals surface area contributed by atoms with Crippen LogP contribution in [-0.2, 0) is 0 Å². The molecule has 15 heavy (non-hydrogen) atoms. The van der Waals surface area contributed by atoms with Crippen molar-refractivity contribution in [2.24, 2.45) is 0 Å². The lowest BCUT2D eigenvalue weighted by molar-refractivity contribution is 0.177. The Morgan fingerprint density at radius 3 is 2.40 bits per heavy atom. The molecule has 4 nitrogen and oxygen atoms in total. The van der Waals surface area contributed by atoms with Gasteiger partial charge in [0.1, 0.15) is 13.2 Å². The summed E-state index contributed by atoms with van der Waals surface area (Å²) in [5, 5.41) is 17.3. The first-order chi connectivity index (χ1) is 7.29. The van der Waals surface area contributed by atoms with Gasteiger partial charge in [-0.25, -0.2) is 0 Å². The highest BCUT2D eigenvalue weighted by atomic mass is 16.5. The number of hydrogen-bond donors (Lipinski definition) is 2. The van der Waals surface area contributed by atoms with Gasteiger partial charge in [0.2, 0.25) is 0 Å². The summed E-state index contributed by atoms with van der Waals surface area (Å²) in [5.74, 6) is 1.22. The molecule has 0 aliphatic rings. The summed E-state index contributed by atoms with van der Waals surface area (Å²) < 4.78 is 10.7. The molecule has 1 aromatic carbocycles. The lowest BCUT2D eigenvalue weighted by atomic mass is 10.2. The second-order valence-electron chi connectivity index (χ2n) is 3.05. The Labute approximate surface area is 89.1 Å². The summed E-state index contributed by atoms with van der Waals surface area (Å²) in [7, 11) is 0. The van der Waals surface area contributed by atoms with Crippen molar-refractivity contribution in [3.8, 4) is 11.5 Å². The van der Waals surface area contributed by atoms with Gasteiger partial charge in [-0.2, -0.15) is 0 Å². The van der Waals surface area contributed by atoms with Crippen molar-refractivity contribution in [3.63, 3.8) is 0 Å². The first-order valence-corrected chi connectivity index (χ1v) is 4.86. The van der Waals surface area contributed by atoms with E-state index in [0.717, 1.165) is 5.56 Å². The van der Waals surface area contributed by atoms with Gasteiger partial charge in [0, 0.05) is 0 Å². The molecule has 0 bridgehead atoms. The maximum absolute atomic E-state index is 8.68. The van der Waals surface area contributed by atoms with E-state index in [0.29, 0.717) is 11.5 Å². The lowest BCUT2D eigenvalue weighted by Crippen LogP contribution is -2.07. The zero-order valence-electron chi connectivity index (χ0n) is 8.77. The van der Waals surface area contributed by atoms with Crippen molar-refractivity contribution < 1.29 is 19.7 Å². The smallest absolute Gasteiger partial charge is 0.164 e. The van der Waals surface area contributed by atoms with Crippen molar-refractivity contribution in [2.75, 3.05) is 26.4 Å². The number of aliphatic hydroxyl groups excluding tert-OH is 2. The van der Waals surface area contributed by atoms with Gasteiger partial charge in [-0.1, -0.05) is 12.1 Å². The molecule has 84 valence electrons. The average molecular weight is 212 g/mol. The van der Waals surface area contributed by atoms with Crippen LogP contribution in [0.4, 0.5) is 0 Å². The number of benzene rings is 1. The van der Waals surface area contributed by atoms with Gasteiger partial charge in [-0.3, -0.25) is 0 Å². The van der Waals surface area contributed by atoms with Crippen LogP contribution in [-0.4, -0.2) is 36.6 Å². The topological polar surface area (TPSA) is 58.9 Å². The molecule has 0 saturated carbocycles. The molecule has 0 amide bonds. The second-order valence-corrected chi connectivity index (χ2v) is 3.05. The minimum absolute atomic E-state index is 0.0340. The maximum Gasteiger partial charge on any atom is 0.164 e. The van der Waals surface area contributed by atoms with E-state index < -0.39 is 0 Å². The zero-order chi connectivity index (χ0) is 11.1. The van der Waals surface area contributed by atoms with Gasteiger partial charge < -0.3 is 19.7 Å². The molecule has 0 aliphatic heterocycles. The number of aliphatic hydroxyl groups is 2. The monoisotopic (exact) mass is 212 g/mol. The molecule has 0 atom stereocenters. The molecule has 4 heteroatoms. The third kappa shape index (κ3) is 3.42. The van der Waals surface area contributed by atoms with Crippen LogP contribution in [0.3, 0.4) is 0 Å². The minimum Gasteiger partial charge on any atom is -0.487 e. The molecule has 0 fully saturated rings. The number of rotatable bonds is 6. The molecule has 1 aromatic rings. The number of hydrogen-bond acceptors (Lipinski definition) is 4. The van der Waals surface area contributed by atoms with Crippen LogP contribution >= 0.6 is 0 Å². The van der Waals surface area contributed by atoms with Gasteiger partial charge in [0.15, 0.2) is 11.5 Å². The molecule has 0 unspecified atom stereocenters. The Kier molecular flexibility index (Phi) is 4.93. The van der Waals surface area contributed by atoms with E-state index in [1.54, 1.807) is 6.07 Å². The molecule has 0 aliphatic carbocycles. The molecular weight excluding hydrogens is 196 g/mol. The number of ether oxygens (including phenoxy) is 2. The lowest BCUT2D eigenvalue weighted by Gasteiger charge is -2.13. The van der Waals surface area contributed by atoms with Gasteiger partial charge in [-0.05, 0) is 18.6 Å². The molecule has 0 radical (unpaired) electrons. The summed E-state index contributed by atoms with van der Waals surface area (Å²) in [6.45, 7) is 2.30. The van der Waals surface area contributed by atoms with Gasteiger partial charge in [-0.15, -0.1) is 0 Å². The van der Waals surface area contributed by atoms with Crippen molar-refractivity contribution in [3.05, 3.63) is 23.8 Å². The molecule has 1 rings (SSSR count). The molecule has 0 spiro atoms. The van der Waals surface area contributed by atoms with E-state index in [1.807, 2.05) is 19.1 Å². The SMILES string of the molecule is Cc1cccc(OCCO)c1OCCO. The van der Waals surface area contributed by atoms with E-state index in [2.05, 4.69) is 0 Å². The molecule has 2 N–H and O–H groups in total. The Morgan fingerprint density at radius 1 is 1.07 bits per heavy atom. The van der Waals surface area contributed by atoms with E-state index in [-0.39, 0.29) is 26.4 Å². The Bertz CT molecular complexity index is 299. The van der Waals surface area contributed by atoms with Crippen LogP contribution in [0.25, 0.3) is 0 Å².